The highest BCUT2D eigenvalue weighted by Crippen LogP contribution is 2.33. The molecule has 1 saturated heterocycles. The number of carbonyl (C=O) groups excluding carboxylic acids is 1. The maximum absolute atomic E-state index is 12.0. The molecule has 0 atom stereocenters. The summed E-state index contributed by atoms with van der Waals surface area (Å²) in [5, 5.41) is 7.76. The summed E-state index contributed by atoms with van der Waals surface area (Å²) < 4.78 is 10.2. The zero-order chi connectivity index (χ0) is 15.5. The Kier molecular flexibility index (Phi) is 4.31. The van der Waals surface area contributed by atoms with E-state index in [4.69, 9.17) is 21.1 Å². The predicted molar refractivity (Wildman–Crippen MR) is 83.4 cm³/mol. The van der Waals surface area contributed by atoms with Crippen LogP contribution in [0.2, 0.25) is 5.02 Å². The number of nitrogens with zero attached hydrogens (tertiary/aromatic N) is 2. The van der Waals surface area contributed by atoms with Crippen LogP contribution in [0.1, 0.15) is 10.5 Å². The minimum atomic E-state index is -0.436. The van der Waals surface area contributed by atoms with Gasteiger partial charge in [-0.05, 0) is 12.1 Å². The van der Waals surface area contributed by atoms with Crippen molar-refractivity contribution in [3.63, 3.8) is 0 Å². The number of esters is 1. The first-order valence-electron chi connectivity index (χ1n) is 6.96. The van der Waals surface area contributed by atoms with E-state index in [0.29, 0.717) is 42.7 Å². The number of rotatable bonds is 3. The maximum Gasteiger partial charge on any atom is 0.358 e. The minimum absolute atomic E-state index is 0.356. The lowest BCUT2D eigenvalue weighted by Gasteiger charge is -2.29. The molecule has 0 amide bonds. The fourth-order valence-corrected chi connectivity index (χ4v) is 2.61. The molecule has 0 unspecified atom stereocenters. The van der Waals surface area contributed by atoms with Crippen LogP contribution in [-0.4, -0.2) is 49.6 Å². The normalized spacial score (nSPS) is 14.9. The van der Waals surface area contributed by atoms with Crippen LogP contribution in [0.25, 0.3) is 11.3 Å². The number of carbonyl (C=O) groups is 1. The van der Waals surface area contributed by atoms with Crippen LogP contribution in [0.5, 0.6) is 0 Å². The molecule has 0 radical (unpaired) electrons. The van der Waals surface area contributed by atoms with Crippen molar-refractivity contribution < 1.29 is 14.3 Å². The Morgan fingerprint density at radius 2 is 2.00 bits per heavy atom. The molecular weight excluding hydrogens is 306 g/mol. The van der Waals surface area contributed by atoms with Gasteiger partial charge in [-0.2, -0.15) is 5.10 Å². The third-order valence-electron chi connectivity index (χ3n) is 3.58. The van der Waals surface area contributed by atoms with Gasteiger partial charge in [-0.3, -0.25) is 5.10 Å². The third-order valence-corrected chi connectivity index (χ3v) is 3.83. The standard InChI is InChI=1S/C15H16ClN3O3/c1-21-15(20)13-14(19-6-8-22-9-7-19)12(17-18-13)10-2-4-11(16)5-3-10/h2-5H,6-9H2,1H3,(H,17,18). The summed E-state index contributed by atoms with van der Waals surface area (Å²) >= 11 is 5.94. The number of anilines is 1. The molecule has 116 valence electrons. The van der Waals surface area contributed by atoms with E-state index in [-0.39, 0.29) is 0 Å². The summed E-state index contributed by atoms with van der Waals surface area (Å²) in [7, 11) is 1.36. The van der Waals surface area contributed by atoms with Crippen LogP contribution < -0.4 is 4.90 Å². The lowest BCUT2D eigenvalue weighted by atomic mass is 10.1. The Hall–Kier alpha value is -2.05. The summed E-state index contributed by atoms with van der Waals surface area (Å²) in [6.45, 7) is 2.63. The lowest BCUT2D eigenvalue weighted by Crippen LogP contribution is -2.37. The Balaban J connectivity index is 2.07. The van der Waals surface area contributed by atoms with Crippen molar-refractivity contribution in [2.75, 3.05) is 38.3 Å². The molecule has 0 saturated carbocycles. The molecule has 22 heavy (non-hydrogen) atoms. The van der Waals surface area contributed by atoms with Gasteiger partial charge in [-0.1, -0.05) is 23.7 Å². The van der Waals surface area contributed by atoms with Gasteiger partial charge in [-0.15, -0.1) is 0 Å². The number of aromatic amines is 1. The molecular formula is C15H16ClN3O3. The van der Waals surface area contributed by atoms with Crippen LogP contribution in [0, 0.1) is 0 Å². The van der Waals surface area contributed by atoms with E-state index in [0.717, 1.165) is 11.3 Å². The van der Waals surface area contributed by atoms with E-state index in [1.807, 2.05) is 12.1 Å². The average molecular weight is 322 g/mol. The number of nitrogens with one attached hydrogen (secondary N) is 1. The number of methoxy groups -OCH3 is 1. The SMILES string of the molecule is COC(=O)c1[nH]nc(-c2ccc(Cl)cc2)c1N1CCOCC1. The first kappa shape index (κ1) is 14.9. The summed E-state index contributed by atoms with van der Waals surface area (Å²) in [5.41, 5.74) is 2.70. The number of hydrogen-bond acceptors (Lipinski definition) is 5. The van der Waals surface area contributed by atoms with Crippen LogP contribution in [0.4, 0.5) is 5.69 Å². The lowest BCUT2D eigenvalue weighted by molar-refractivity contribution is 0.0593. The van der Waals surface area contributed by atoms with E-state index in [9.17, 15) is 4.79 Å². The highest BCUT2D eigenvalue weighted by molar-refractivity contribution is 6.30. The minimum Gasteiger partial charge on any atom is -0.464 e. The first-order chi connectivity index (χ1) is 10.7. The number of morpholine rings is 1. The van der Waals surface area contributed by atoms with Gasteiger partial charge in [0.1, 0.15) is 5.69 Å². The summed E-state index contributed by atoms with van der Waals surface area (Å²) in [6.07, 6.45) is 0. The molecule has 1 aromatic heterocycles. The summed E-state index contributed by atoms with van der Waals surface area (Å²) in [5.74, 6) is -0.436. The average Bonchev–Trinajstić information content (AvgIpc) is 3.00. The van der Waals surface area contributed by atoms with Crippen LogP contribution in [0.3, 0.4) is 0 Å². The molecule has 1 N–H and O–H groups in total. The molecule has 1 aromatic carbocycles. The van der Waals surface area contributed by atoms with Crippen molar-refractivity contribution in [1.29, 1.82) is 0 Å². The van der Waals surface area contributed by atoms with Crippen LogP contribution in [0.15, 0.2) is 24.3 Å². The number of H-pyrrole nitrogens is 1. The zero-order valence-electron chi connectivity index (χ0n) is 12.1. The molecule has 2 aromatic rings. The van der Waals surface area contributed by atoms with Crippen LogP contribution in [-0.2, 0) is 9.47 Å². The van der Waals surface area contributed by atoms with Gasteiger partial charge >= 0.3 is 5.97 Å². The Bertz CT molecular complexity index is 663. The van der Waals surface area contributed by atoms with E-state index in [2.05, 4.69) is 15.1 Å². The molecule has 6 nitrogen and oxygen atoms in total. The van der Waals surface area contributed by atoms with Gasteiger partial charge < -0.3 is 14.4 Å². The van der Waals surface area contributed by atoms with Gasteiger partial charge in [0.15, 0.2) is 5.69 Å². The second kappa shape index (κ2) is 6.37. The number of ether oxygens (including phenoxy) is 2. The third kappa shape index (κ3) is 2.80. The number of halogens is 1. The summed E-state index contributed by atoms with van der Waals surface area (Å²) in [4.78, 5) is 14.1. The molecule has 0 spiro atoms. The molecule has 3 rings (SSSR count). The monoisotopic (exact) mass is 321 g/mol. The maximum atomic E-state index is 12.0. The number of benzene rings is 1. The van der Waals surface area contributed by atoms with Gasteiger partial charge in [0, 0.05) is 23.7 Å². The van der Waals surface area contributed by atoms with Crippen molar-refractivity contribution in [3.05, 3.63) is 35.0 Å². The predicted octanol–water partition coefficient (Wildman–Crippen LogP) is 2.35. The largest absolute Gasteiger partial charge is 0.464 e. The molecule has 1 aliphatic heterocycles. The summed E-state index contributed by atoms with van der Waals surface area (Å²) in [6, 6.07) is 7.35. The molecule has 1 fully saturated rings. The molecule has 1 aliphatic rings. The highest BCUT2D eigenvalue weighted by atomic mass is 35.5. The Morgan fingerprint density at radius 3 is 2.64 bits per heavy atom. The van der Waals surface area contributed by atoms with Gasteiger partial charge in [0.05, 0.1) is 26.0 Å². The molecule has 0 aliphatic carbocycles. The van der Waals surface area contributed by atoms with E-state index >= 15 is 0 Å². The smallest absolute Gasteiger partial charge is 0.358 e. The van der Waals surface area contributed by atoms with Crippen LogP contribution >= 0.6 is 11.6 Å². The number of aromatic nitrogens is 2. The Morgan fingerprint density at radius 1 is 1.32 bits per heavy atom. The van der Waals surface area contributed by atoms with Crippen molar-refractivity contribution in [2.24, 2.45) is 0 Å². The fraction of sp³-hybridized carbons (Fsp3) is 0.333. The number of hydrogen-bond donors (Lipinski definition) is 1. The van der Waals surface area contributed by atoms with Crippen molar-refractivity contribution in [3.8, 4) is 11.3 Å². The van der Waals surface area contributed by atoms with Gasteiger partial charge in [0.2, 0.25) is 0 Å². The second-order valence-electron chi connectivity index (χ2n) is 4.89. The first-order valence-corrected chi connectivity index (χ1v) is 7.34. The quantitative estimate of drug-likeness (QED) is 0.879. The van der Waals surface area contributed by atoms with Crippen molar-refractivity contribution >= 4 is 23.3 Å². The van der Waals surface area contributed by atoms with E-state index < -0.39 is 5.97 Å². The fourth-order valence-electron chi connectivity index (χ4n) is 2.48. The van der Waals surface area contributed by atoms with Crippen molar-refractivity contribution in [1.82, 2.24) is 10.2 Å². The molecule has 0 bridgehead atoms. The Labute approximate surface area is 133 Å². The molecule has 7 heteroatoms. The highest BCUT2D eigenvalue weighted by Gasteiger charge is 2.26. The van der Waals surface area contributed by atoms with E-state index in [1.54, 1.807) is 12.1 Å². The van der Waals surface area contributed by atoms with Gasteiger partial charge in [0.25, 0.3) is 0 Å². The molecule has 2 heterocycles. The van der Waals surface area contributed by atoms with Gasteiger partial charge in [-0.25, -0.2) is 4.79 Å². The van der Waals surface area contributed by atoms with Crippen molar-refractivity contribution in [2.45, 2.75) is 0 Å². The zero-order valence-corrected chi connectivity index (χ0v) is 12.9. The topological polar surface area (TPSA) is 67.5 Å². The second-order valence-corrected chi connectivity index (χ2v) is 5.33. The van der Waals surface area contributed by atoms with E-state index in [1.165, 1.54) is 7.11 Å².